The number of nitrogens with one attached hydrogen (secondary N) is 1. The molecule has 2 atom stereocenters. The molecule has 28 heavy (non-hydrogen) atoms. The minimum Gasteiger partial charge on any atom is -0.454 e. The second-order valence-corrected chi connectivity index (χ2v) is 7.17. The molecule has 1 fully saturated rings. The Morgan fingerprint density at radius 1 is 1.32 bits per heavy atom. The smallest absolute Gasteiger partial charge is 0.248 e. The molecule has 3 heterocycles. The minimum absolute atomic E-state index is 0.0201. The molecule has 2 amide bonds. The van der Waals surface area contributed by atoms with Gasteiger partial charge in [0.2, 0.25) is 18.6 Å². The summed E-state index contributed by atoms with van der Waals surface area (Å²) in [6, 6.07) is 7.05. The van der Waals surface area contributed by atoms with Crippen molar-refractivity contribution in [3.63, 3.8) is 0 Å². The zero-order valence-corrected chi connectivity index (χ0v) is 16.1. The van der Waals surface area contributed by atoms with Crippen molar-refractivity contribution in [3.05, 3.63) is 36.0 Å². The van der Waals surface area contributed by atoms with E-state index in [1.54, 1.807) is 21.8 Å². The lowest BCUT2D eigenvalue weighted by Crippen LogP contribution is -2.41. The number of hydrogen-bond acceptors (Lipinski definition) is 5. The molecule has 1 saturated heterocycles. The molecule has 1 aromatic carbocycles. The molecule has 0 radical (unpaired) electrons. The summed E-state index contributed by atoms with van der Waals surface area (Å²) in [6.07, 6.45) is 3.45. The third-order valence-electron chi connectivity index (χ3n) is 5.35. The molecule has 0 saturated carbocycles. The van der Waals surface area contributed by atoms with Crippen molar-refractivity contribution in [1.82, 2.24) is 14.7 Å². The second kappa shape index (κ2) is 7.53. The first kappa shape index (κ1) is 18.3. The maximum Gasteiger partial charge on any atom is 0.248 e. The molecule has 2 aliphatic heterocycles. The molecular formula is C20H24N4O4. The topological polar surface area (TPSA) is 85.7 Å². The van der Waals surface area contributed by atoms with Crippen LogP contribution in [-0.2, 0) is 16.1 Å². The fraction of sp³-hybridized carbons (Fsp3) is 0.450. The van der Waals surface area contributed by atoms with Crippen molar-refractivity contribution in [2.45, 2.75) is 51.7 Å². The number of anilines is 1. The second-order valence-electron chi connectivity index (χ2n) is 7.17. The van der Waals surface area contributed by atoms with E-state index in [2.05, 4.69) is 17.3 Å². The molecule has 0 spiro atoms. The highest BCUT2D eigenvalue weighted by Crippen LogP contribution is 2.33. The van der Waals surface area contributed by atoms with Gasteiger partial charge in [0.1, 0.15) is 11.9 Å². The maximum absolute atomic E-state index is 12.9. The van der Waals surface area contributed by atoms with Gasteiger partial charge >= 0.3 is 0 Å². The number of likely N-dealkylation sites (tertiary alicyclic amines) is 1. The monoisotopic (exact) mass is 384 g/mol. The summed E-state index contributed by atoms with van der Waals surface area (Å²) in [7, 11) is 0. The number of nitrogens with zero attached hydrogens (tertiary/aromatic N) is 3. The van der Waals surface area contributed by atoms with E-state index >= 15 is 0 Å². The minimum atomic E-state index is -0.502. The fourth-order valence-electron chi connectivity index (χ4n) is 3.59. The Morgan fingerprint density at radius 3 is 2.96 bits per heavy atom. The van der Waals surface area contributed by atoms with Crippen LogP contribution in [0.25, 0.3) is 0 Å². The molecule has 0 aliphatic carbocycles. The molecule has 2 aliphatic rings. The molecular weight excluding hydrogens is 360 g/mol. The van der Waals surface area contributed by atoms with Gasteiger partial charge in [-0.25, -0.2) is 4.68 Å². The lowest BCUT2D eigenvalue weighted by molar-refractivity contribution is -0.133. The van der Waals surface area contributed by atoms with Crippen LogP contribution in [0, 0.1) is 0 Å². The van der Waals surface area contributed by atoms with E-state index in [9.17, 15) is 9.59 Å². The molecule has 148 valence electrons. The highest BCUT2D eigenvalue weighted by molar-refractivity contribution is 5.98. The molecule has 4 rings (SSSR count). The van der Waals surface area contributed by atoms with Crippen LogP contribution < -0.4 is 14.8 Å². The van der Waals surface area contributed by atoms with Crippen LogP contribution in [0.3, 0.4) is 0 Å². The van der Waals surface area contributed by atoms with E-state index in [-0.39, 0.29) is 24.6 Å². The number of hydrogen-bond donors (Lipinski definition) is 1. The average molecular weight is 384 g/mol. The van der Waals surface area contributed by atoms with Gasteiger partial charge in [0.15, 0.2) is 11.5 Å². The first-order valence-corrected chi connectivity index (χ1v) is 9.59. The number of fused-ring (bicyclic) bond motifs is 1. The number of carbonyl (C=O) groups is 2. The van der Waals surface area contributed by atoms with Crippen molar-refractivity contribution < 1.29 is 19.1 Å². The standard InChI is InChI=1S/C20H24N4O4/c1-3-13(2)24-18(8-9-21-24)22-20(26)15-5-7-19(25)23(15)11-14-4-6-16-17(10-14)28-12-27-16/h4,6,8-10,13,15H,3,5,7,11-12H2,1-2H3,(H,22,26). The summed E-state index contributed by atoms with van der Waals surface area (Å²) >= 11 is 0. The summed E-state index contributed by atoms with van der Waals surface area (Å²) < 4.78 is 12.5. The zero-order chi connectivity index (χ0) is 19.7. The van der Waals surface area contributed by atoms with E-state index in [0.717, 1.165) is 12.0 Å². The quantitative estimate of drug-likeness (QED) is 0.828. The summed E-state index contributed by atoms with van der Waals surface area (Å²) in [6.45, 7) is 4.68. The van der Waals surface area contributed by atoms with Crippen LogP contribution in [0.2, 0.25) is 0 Å². The number of ether oxygens (including phenoxy) is 2. The van der Waals surface area contributed by atoms with Crippen molar-refractivity contribution in [2.75, 3.05) is 12.1 Å². The van der Waals surface area contributed by atoms with Crippen molar-refractivity contribution in [3.8, 4) is 11.5 Å². The zero-order valence-electron chi connectivity index (χ0n) is 16.1. The Kier molecular flexibility index (Phi) is 4.93. The lowest BCUT2D eigenvalue weighted by Gasteiger charge is -2.24. The summed E-state index contributed by atoms with van der Waals surface area (Å²) in [5.74, 6) is 1.82. The predicted molar refractivity (Wildman–Crippen MR) is 102 cm³/mol. The first-order chi connectivity index (χ1) is 13.6. The Balaban J connectivity index is 1.48. The average Bonchev–Trinajstić information content (AvgIpc) is 3.42. The molecule has 0 bridgehead atoms. The largest absolute Gasteiger partial charge is 0.454 e. The molecule has 1 N–H and O–H groups in total. The van der Waals surface area contributed by atoms with Gasteiger partial charge < -0.3 is 19.7 Å². The van der Waals surface area contributed by atoms with Crippen LogP contribution in [-0.4, -0.2) is 39.3 Å². The fourth-order valence-corrected chi connectivity index (χ4v) is 3.59. The van der Waals surface area contributed by atoms with Gasteiger partial charge in [0.25, 0.3) is 0 Å². The third kappa shape index (κ3) is 3.42. The SMILES string of the molecule is CCC(C)n1nccc1NC(=O)C1CCC(=O)N1Cc1ccc2c(c1)OCO2. The maximum atomic E-state index is 12.9. The Labute approximate surface area is 163 Å². The van der Waals surface area contributed by atoms with Gasteiger partial charge in [0, 0.05) is 19.0 Å². The Bertz CT molecular complexity index is 894. The number of carbonyl (C=O) groups excluding carboxylic acids is 2. The summed E-state index contributed by atoms with van der Waals surface area (Å²) in [5, 5.41) is 7.25. The van der Waals surface area contributed by atoms with Gasteiger partial charge in [-0.3, -0.25) is 9.59 Å². The van der Waals surface area contributed by atoms with Crippen LogP contribution in [0.15, 0.2) is 30.5 Å². The van der Waals surface area contributed by atoms with Crippen LogP contribution in [0.5, 0.6) is 11.5 Å². The van der Waals surface area contributed by atoms with Gasteiger partial charge in [-0.2, -0.15) is 5.10 Å². The number of rotatable bonds is 6. The third-order valence-corrected chi connectivity index (χ3v) is 5.35. The van der Waals surface area contributed by atoms with Crippen molar-refractivity contribution in [1.29, 1.82) is 0 Å². The number of aromatic nitrogens is 2. The predicted octanol–water partition coefficient (Wildman–Crippen LogP) is 2.71. The lowest BCUT2D eigenvalue weighted by atomic mass is 10.1. The van der Waals surface area contributed by atoms with Crippen LogP contribution in [0.1, 0.15) is 44.7 Å². The molecule has 8 heteroatoms. The van der Waals surface area contributed by atoms with Crippen molar-refractivity contribution >= 4 is 17.6 Å². The van der Waals surface area contributed by atoms with E-state index in [0.29, 0.717) is 36.7 Å². The van der Waals surface area contributed by atoms with E-state index in [4.69, 9.17) is 9.47 Å². The first-order valence-electron chi connectivity index (χ1n) is 9.59. The van der Waals surface area contributed by atoms with Gasteiger partial charge in [0.05, 0.1) is 12.2 Å². The van der Waals surface area contributed by atoms with Crippen molar-refractivity contribution in [2.24, 2.45) is 0 Å². The number of benzene rings is 1. The van der Waals surface area contributed by atoms with E-state index in [1.807, 2.05) is 25.1 Å². The highest BCUT2D eigenvalue weighted by atomic mass is 16.7. The van der Waals surface area contributed by atoms with Crippen LogP contribution >= 0.6 is 0 Å². The Morgan fingerprint density at radius 2 is 2.14 bits per heavy atom. The van der Waals surface area contributed by atoms with E-state index in [1.165, 1.54) is 0 Å². The Hall–Kier alpha value is -3.03. The van der Waals surface area contributed by atoms with Gasteiger partial charge in [-0.15, -0.1) is 0 Å². The summed E-state index contributed by atoms with van der Waals surface area (Å²) in [4.78, 5) is 27.0. The van der Waals surface area contributed by atoms with Crippen LogP contribution in [0.4, 0.5) is 5.82 Å². The normalized spacial score (nSPS) is 19.1. The molecule has 1 aromatic heterocycles. The highest BCUT2D eigenvalue weighted by Gasteiger charge is 2.36. The van der Waals surface area contributed by atoms with E-state index < -0.39 is 6.04 Å². The number of amides is 2. The van der Waals surface area contributed by atoms with Gasteiger partial charge in [-0.1, -0.05) is 13.0 Å². The van der Waals surface area contributed by atoms with Gasteiger partial charge in [-0.05, 0) is 37.5 Å². The molecule has 2 unspecified atom stereocenters. The summed E-state index contributed by atoms with van der Waals surface area (Å²) in [5.41, 5.74) is 0.905. The molecule has 8 nitrogen and oxygen atoms in total. The molecule has 2 aromatic rings.